The number of nitrogens with zero attached hydrogens (tertiary/aromatic N) is 7. The van der Waals surface area contributed by atoms with Crippen molar-refractivity contribution in [3.63, 3.8) is 0 Å². The minimum Gasteiger partial charge on any atom is -0.408 e. The smallest absolute Gasteiger partial charge is 0.280 e. The Bertz CT molecular complexity index is 3550. The molecular weight excluding hydrogens is 1120 g/mol. The average molecular weight is 1190 g/mol. The summed E-state index contributed by atoms with van der Waals surface area (Å²) in [6.45, 7) is 14.7. The van der Waals surface area contributed by atoms with Crippen molar-refractivity contribution in [1.82, 2.24) is 49.4 Å². The lowest BCUT2D eigenvalue weighted by Gasteiger charge is -2.42. The van der Waals surface area contributed by atoms with E-state index < -0.39 is 92.9 Å². The Morgan fingerprint density at radius 1 is 0.807 bits per heavy atom. The molecule has 0 spiro atoms. The van der Waals surface area contributed by atoms with E-state index >= 15 is 0 Å². The van der Waals surface area contributed by atoms with Gasteiger partial charge in [-0.2, -0.15) is 10.2 Å². The number of amides is 1. The molecule has 4 aromatic heterocycles. The minimum atomic E-state index is -3.85. The third kappa shape index (κ3) is 12.7. The zero-order valence-electron chi connectivity index (χ0n) is 48.2. The van der Waals surface area contributed by atoms with E-state index in [1.807, 2.05) is 61.5 Å². The van der Waals surface area contributed by atoms with Gasteiger partial charge in [-0.1, -0.05) is 146 Å². The zero-order chi connectivity index (χ0) is 59.6. The Balaban J connectivity index is 1.14. The summed E-state index contributed by atoms with van der Waals surface area (Å²) in [7, 11) is -2.78. The monoisotopic (exact) mass is 1190 g/mol. The van der Waals surface area contributed by atoms with Gasteiger partial charge in [-0.25, -0.2) is 20.0 Å². The summed E-state index contributed by atoms with van der Waals surface area (Å²) in [6, 6.07) is 30.9. The van der Waals surface area contributed by atoms with Gasteiger partial charge in [0.25, 0.3) is 17.8 Å². The minimum absolute atomic E-state index is 0.0246. The van der Waals surface area contributed by atoms with Gasteiger partial charge in [0.05, 0.1) is 69.1 Å². The fourth-order valence-corrected chi connectivity index (χ4v) is 13.9. The number of nitrogens with one attached hydrogen (secondary N) is 5. The van der Waals surface area contributed by atoms with Gasteiger partial charge in [0, 0.05) is 23.8 Å². The van der Waals surface area contributed by atoms with Gasteiger partial charge in [-0.05, 0) is 46.6 Å². The van der Waals surface area contributed by atoms with Crippen LogP contribution in [0, 0.1) is 29.1 Å². The number of carbonyl (C=O) groups excluding carboxylic acids is 2. The lowest BCUT2D eigenvalue weighted by molar-refractivity contribution is -0.121. The molecule has 440 valence electrons. The van der Waals surface area contributed by atoms with Crippen molar-refractivity contribution >= 4 is 66.7 Å². The van der Waals surface area contributed by atoms with Crippen LogP contribution < -0.4 is 26.8 Å². The number of H-pyrrole nitrogens is 2. The van der Waals surface area contributed by atoms with E-state index in [-0.39, 0.29) is 82.8 Å². The summed E-state index contributed by atoms with van der Waals surface area (Å²) < 4.78 is 38.0. The van der Waals surface area contributed by atoms with Crippen LogP contribution in [0.15, 0.2) is 113 Å². The molecule has 0 aliphatic carbocycles. The van der Waals surface area contributed by atoms with Gasteiger partial charge in [0.15, 0.2) is 36.9 Å². The summed E-state index contributed by atoms with van der Waals surface area (Å²) in [5.41, 5.74) is 1.03. The molecule has 83 heavy (non-hydrogen) atoms. The number of imidazole rings is 2. The van der Waals surface area contributed by atoms with Crippen LogP contribution in [0.1, 0.15) is 96.8 Å². The largest absolute Gasteiger partial charge is 0.408 e. The van der Waals surface area contributed by atoms with Crippen LogP contribution in [0.5, 0.6) is 0 Å². The number of fused-ring (bicyclic) bond motifs is 2. The van der Waals surface area contributed by atoms with E-state index in [4.69, 9.17) is 39.7 Å². The Hall–Kier alpha value is -6.46. The molecule has 9 rings (SSSR count). The van der Waals surface area contributed by atoms with Crippen LogP contribution in [-0.2, 0) is 56.3 Å². The van der Waals surface area contributed by atoms with Crippen LogP contribution in [-0.4, -0.2) is 114 Å². The highest BCUT2D eigenvalue weighted by Gasteiger charge is 2.54. The van der Waals surface area contributed by atoms with Gasteiger partial charge in [0.2, 0.25) is 11.9 Å². The summed E-state index contributed by atoms with van der Waals surface area (Å²) in [4.78, 5) is 76.8. The molecule has 6 N–H and O–H groups in total. The first-order valence-corrected chi connectivity index (χ1v) is 33.4. The molecule has 1 amide bonds. The molecule has 2 saturated heterocycles. The zero-order valence-corrected chi connectivity index (χ0v) is 50.9. The third-order valence-electron chi connectivity index (χ3n) is 15.9. The van der Waals surface area contributed by atoms with Gasteiger partial charge >= 0.3 is 0 Å². The highest BCUT2D eigenvalue weighted by Crippen LogP contribution is 2.51. The van der Waals surface area contributed by atoms with Crippen molar-refractivity contribution in [3.05, 3.63) is 147 Å². The summed E-state index contributed by atoms with van der Waals surface area (Å²) in [5.74, 6) is -1.52. The van der Waals surface area contributed by atoms with Gasteiger partial charge in [-0.15, -0.1) is 0 Å². The maximum absolute atomic E-state index is 13.7. The fourth-order valence-electron chi connectivity index (χ4n) is 10.3. The Kier molecular flexibility index (Phi) is 18.4. The first kappa shape index (κ1) is 61.1. The third-order valence-corrected chi connectivity index (χ3v) is 23.0. The van der Waals surface area contributed by atoms with Crippen LogP contribution in [0.25, 0.3) is 22.3 Å². The number of aromatic amines is 2. The topological polar surface area (TPSA) is 288 Å². The Labute approximate surface area is 487 Å². The molecule has 0 bridgehead atoms. The van der Waals surface area contributed by atoms with Gasteiger partial charge in [-0.3, -0.25) is 43.9 Å². The summed E-state index contributed by atoms with van der Waals surface area (Å²) >= 11 is 6.51. The molecule has 9 atom stereocenters. The second-order valence-electron chi connectivity index (χ2n) is 23.2. The predicted octanol–water partition coefficient (Wildman–Crippen LogP) is 7.51. The first-order chi connectivity index (χ1) is 39.5. The number of hydrogen-bond donors (Lipinski definition) is 6. The number of aliphatic hydroxyl groups is 1. The van der Waals surface area contributed by atoms with Crippen molar-refractivity contribution in [2.24, 2.45) is 17.8 Å². The van der Waals surface area contributed by atoms with E-state index in [2.05, 4.69) is 117 Å². The lowest BCUT2D eigenvalue weighted by Crippen LogP contribution is -2.55. The summed E-state index contributed by atoms with van der Waals surface area (Å²) in [5, 5.41) is 31.1. The number of anilines is 1. The van der Waals surface area contributed by atoms with Crippen LogP contribution >= 0.6 is 6.64 Å². The van der Waals surface area contributed by atoms with Crippen molar-refractivity contribution < 1.29 is 37.6 Å². The first-order valence-electron chi connectivity index (χ1n) is 27.8. The Morgan fingerprint density at radius 2 is 1.35 bits per heavy atom. The van der Waals surface area contributed by atoms with Crippen LogP contribution in [0.3, 0.4) is 0 Å². The maximum Gasteiger partial charge on any atom is 0.280 e. The number of Topliss-reactive ketones (excluding diaryl/α,β-unsaturated/α-hetero) is 1. The second kappa shape index (κ2) is 25.0. The van der Waals surface area contributed by atoms with Crippen molar-refractivity contribution in [2.45, 2.75) is 135 Å². The van der Waals surface area contributed by atoms with Crippen molar-refractivity contribution in [1.29, 1.82) is 5.26 Å². The number of benzene rings is 3. The number of nitriles is 1. The molecule has 2 aliphatic rings. The lowest BCUT2D eigenvalue weighted by atomic mass is 9.75. The molecule has 1 unspecified atom stereocenters. The molecule has 0 radical (unpaired) electrons. The molecule has 22 nitrogen and oxygen atoms in total. The van der Waals surface area contributed by atoms with E-state index in [1.165, 1.54) is 12.7 Å². The predicted molar refractivity (Wildman–Crippen MR) is 319 cm³/mol. The Morgan fingerprint density at radius 3 is 1.88 bits per heavy atom. The van der Waals surface area contributed by atoms with E-state index in [0.717, 1.165) is 16.7 Å². The highest BCUT2D eigenvalue weighted by molar-refractivity contribution is 8.09. The number of ketones is 1. The van der Waals surface area contributed by atoms with E-state index in [1.54, 1.807) is 36.8 Å². The molecular formula is C58H73N12O10PSSi. The molecule has 25 heteroatoms. The molecule has 2 aliphatic heterocycles. The van der Waals surface area contributed by atoms with Crippen molar-refractivity contribution in [3.8, 4) is 6.07 Å². The summed E-state index contributed by atoms with van der Waals surface area (Å²) in [6.07, 6.45) is -1.99. The molecule has 3 aromatic carbocycles. The number of aliphatic hydroxyl groups excluding tert-OH is 1. The quantitative estimate of drug-likeness (QED) is 0.0156. The second-order valence-corrected chi connectivity index (χ2v) is 31.2. The number of hydrogen-bond acceptors (Lipinski definition) is 17. The fraction of sp³-hybridized carbons (Fsp3) is 0.466. The van der Waals surface area contributed by atoms with E-state index in [9.17, 15) is 29.5 Å². The van der Waals surface area contributed by atoms with E-state index in [0.29, 0.717) is 0 Å². The SMILES string of the molecule is CC(C)C(=O)Cc1nc2c(ncn2[C@@H]2O[C@H](COP(=S)(N[C@H]3[C@@H](O[Si](C)(C)C(C)(C)C)[C@H](n4cnc5c(=O)[nH]c(NC(=O)C(C)C)nc54)O[C@@H]3CO)OCCC#N)[C@@H](NC(c3ccccc3)(c3ccccc3)c3ccccc3)[C@H]2C)c(=O)[nH]1. The number of aromatic nitrogens is 8. The van der Waals surface area contributed by atoms with Crippen LogP contribution in [0.2, 0.25) is 18.1 Å². The van der Waals surface area contributed by atoms with Gasteiger partial charge in [0.1, 0.15) is 30.0 Å². The molecule has 6 heterocycles. The number of rotatable bonds is 23. The van der Waals surface area contributed by atoms with Crippen molar-refractivity contribution in [2.75, 3.05) is 25.1 Å². The number of ether oxygens (including phenoxy) is 2. The normalized spacial score (nSPS) is 22.1. The average Bonchev–Trinajstić information content (AvgIpc) is 2.58. The number of carbonyl (C=O) groups is 2. The van der Waals surface area contributed by atoms with Gasteiger partial charge < -0.3 is 33.0 Å². The molecule has 0 saturated carbocycles. The maximum atomic E-state index is 13.7. The van der Waals surface area contributed by atoms with Crippen LogP contribution in [0.4, 0.5) is 5.95 Å². The highest BCUT2D eigenvalue weighted by atomic mass is 32.5. The standard InChI is InChI=1S/C58H73N12O10PSSi/c1-34(2)40(72)29-43-62-49-46(52(74)63-43)60-32-69(49)54-36(5)44(67-58(37-21-14-11-15-22-37,38-23-16-12-17-24-38)39-25-18-13-19-26-39)42(79-54)31-77-81(82,76-28-20-27-59)68-45-41(30-71)78-55(48(45)80-83(9,10)57(6,7)8)70-33-61-47-50(70)64-56(66-53(47)75)65-51(73)35(3)4/h11-19,21-26,32-36,41-42,44-45,48,54-55,67,71H,20,28-31H2,1-10H3,(H,68,82)(H,62,63,74)(H2,64,65,66,73,75)/t36-,41-,42-,44+,45-,48-,54-,55-,81?/m1/s1. The molecule has 7 aromatic rings. The molecule has 2 fully saturated rings.